The second kappa shape index (κ2) is 10.1. The predicted molar refractivity (Wildman–Crippen MR) is 115 cm³/mol. The third kappa shape index (κ3) is 6.40. The van der Waals surface area contributed by atoms with Crippen LogP contribution in [0.3, 0.4) is 0 Å². The van der Waals surface area contributed by atoms with Crippen LogP contribution in [0.1, 0.15) is 18.9 Å². The summed E-state index contributed by atoms with van der Waals surface area (Å²) in [6.45, 7) is 3.23. The number of hydrazone groups is 1. The van der Waals surface area contributed by atoms with Crippen LogP contribution < -0.4 is 15.6 Å². The summed E-state index contributed by atoms with van der Waals surface area (Å²) in [5.74, 6) is 0. The molecule has 0 aliphatic rings. The lowest BCUT2D eigenvalue weighted by molar-refractivity contribution is 0.852. The van der Waals surface area contributed by atoms with Crippen LogP contribution in [0.25, 0.3) is 0 Å². The highest BCUT2D eigenvalue weighted by molar-refractivity contribution is 7.98. The summed E-state index contributed by atoms with van der Waals surface area (Å²) in [5, 5.41) is 7.79. The Bertz CT molecular complexity index is 714. The SMILES string of the molecule is CCCN(C)c1ccc(C=NNC(=S)Nc2cccc(SC)c2)cc1. The average molecular weight is 373 g/mol. The molecule has 25 heavy (non-hydrogen) atoms. The zero-order valence-electron chi connectivity index (χ0n) is 14.8. The van der Waals surface area contributed by atoms with Gasteiger partial charge in [-0.15, -0.1) is 11.8 Å². The smallest absolute Gasteiger partial charge is 0.191 e. The fourth-order valence-electron chi connectivity index (χ4n) is 2.30. The van der Waals surface area contributed by atoms with Gasteiger partial charge in [0.2, 0.25) is 0 Å². The molecule has 0 atom stereocenters. The van der Waals surface area contributed by atoms with E-state index in [1.807, 2.05) is 36.6 Å². The summed E-state index contributed by atoms with van der Waals surface area (Å²) in [4.78, 5) is 3.42. The Labute approximate surface area is 159 Å². The highest BCUT2D eigenvalue weighted by atomic mass is 32.2. The maximum absolute atomic E-state index is 5.27. The molecule has 0 bridgehead atoms. The van der Waals surface area contributed by atoms with Crippen LogP contribution in [0.5, 0.6) is 0 Å². The summed E-state index contributed by atoms with van der Waals surface area (Å²) >= 11 is 6.96. The molecule has 0 saturated heterocycles. The number of nitrogens with one attached hydrogen (secondary N) is 2. The molecule has 0 unspecified atom stereocenters. The van der Waals surface area contributed by atoms with E-state index in [1.54, 1.807) is 18.0 Å². The van der Waals surface area contributed by atoms with Gasteiger partial charge in [-0.05, 0) is 60.8 Å². The van der Waals surface area contributed by atoms with Crippen LogP contribution in [0.4, 0.5) is 11.4 Å². The summed E-state index contributed by atoms with van der Waals surface area (Å²) in [6.07, 6.45) is 4.94. The van der Waals surface area contributed by atoms with Gasteiger partial charge in [0.25, 0.3) is 0 Å². The lowest BCUT2D eigenvalue weighted by atomic mass is 10.2. The van der Waals surface area contributed by atoms with Crippen LogP contribution in [0.15, 0.2) is 58.5 Å². The molecule has 2 aromatic carbocycles. The van der Waals surface area contributed by atoms with Gasteiger partial charge in [-0.25, -0.2) is 0 Å². The van der Waals surface area contributed by atoms with Gasteiger partial charge in [0, 0.05) is 29.9 Å². The van der Waals surface area contributed by atoms with E-state index >= 15 is 0 Å². The minimum Gasteiger partial charge on any atom is -0.375 e. The molecule has 0 aliphatic heterocycles. The molecule has 0 heterocycles. The molecule has 0 saturated carbocycles. The van der Waals surface area contributed by atoms with Gasteiger partial charge >= 0.3 is 0 Å². The van der Waals surface area contributed by atoms with Crippen molar-refractivity contribution in [2.75, 3.05) is 30.1 Å². The van der Waals surface area contributed by atoms with Crippen LogP contribution in [-0.2, 0) is 0 Å². The zero-order valence-corrected chi connectivity index (χ0v) is 16.5. The minimum atomic E-state index is 0.466. The van der Waals surface area contributed by atoms with E-state index in [4.69, 9.17) is 12.2 Å². The van der Waals surface area contributed by atoms with Crippen molar-refractivity contribution in [1.82, 2.24) is 5.43 Å². The van der Waals surface area contributed by atoms with E-state index in [2.05, 4.69) is 52.9 Å². The first kappa shape index (κ1) is 19.3. The quantitative estimate of drug-likeness (QED) is 0.322. The molecule has 0 radical (unpaired) electrons. The fourth-order valence-corrected chi connectivity index (χ4v) is 2.93. The summed E-state index contributed by atoms with van der Waals surface area (Å²) in [7, 11) is 2.10. The lowest BCUT2D eigenvalue weighted by Crippen LogP contribution is -2.23. The van der Waals surface area contributed by atoms with Gasteiger partial charge in [0.05, 0.1) is 6.21 Å². The van der Waals surface area contributed by atoms with Crippen LogP contribution >= 0.6 is 24.0 Å². The number of thiocarbonyl (C=S) groups is 1. The van der Waals surface area contributed by atoms with Crippen LogP contribution in [-0.4, -0.2) is 31.2 Å². The largest absolute Gasteiger partial charge is 0.375 e. The maximum Gasteiger partial charge on any atom is 0.191 e. The van der Waals surface area contributed by atoms with Crippen molar-refractivity contribution in [1.29, 1.82) is 0 Å². The summed E-state index contributed by atoms with van der Waals surface area (Å²) in [6, 6.07) is 16.4. The van der Waals surface area contributed by atoms with E-state index < -0.39 is 0 Å². The first-order valence-corrected chi connectivity index (χ1v) is 9.81. The first-order valence-electron chi connectivity index (χ1n) is 8.17. The van der Waals surface area contributed by atoms with E-state index in [0.29, 0.717) is 5.11 Å². The Morgan fingerprint density at radius 2 is 2.00 bits per heavy atom. The van der Waals surface area contributed by atoms with Crippen molar-refractivity contribution in [3.8, 4) is 0 Å². The van der Waals surface area contributed by atoms with Crippen molar-refractivity contribution in [2.45, 2.75) is 18.2 Å². The van der Waals surface area contributed by atoms with Crippen LogP contribution in [0, 0.1) is 0 Å². The summed E-state index contributed by atoms with van der Waals surface area (Å²) in [5.41, 5.74) is 6.02. The minimum absolute atomic E-state index is 0.466. The molecule has 2 N–H and O–H groups in total. The third-order valence-electron chi connectivity index (χ3n) is 3.60. The Kier molecular flexibility index (Phi) is 7.76. The zero-order chi connectivity index (χ0) is 18.1. The average Bonchev–Trinajstić information content (AvgIpc) is 2.62. The highest BCUT2D eigenvalue weighted by Gasteiger charge is 1.99. The van der Waals surface area contributed by atoms with Crippen LogP contribution in [0.2, 0.25) is 0 Å². The molecular weight excluding hydrogens is 348 g/mol. The number of thioether (sulfide) groups is 1. The highest BCUT2D eigenvalue weighted by Crippen LogP contribution is 2.18. The van der Waals surface area contributed by atoms with E-state index in [-0.39, 0.29) is 0 Å². The molecule has 2 rings (SSSR count). The molecule has 132 valence electrons. The van der Waals surface area contributed by atoms with Crippen molar-refractivity contribution in [3.63, 3.8) is 0 Å². The van der Waals surface area contributed by atoms with Crippen molar-refractivity contribution in [3.05, 3.63) is 54.1 Å². The second-order valence-corrected chi connectivity index (χ2v) is 6.86. The molecule has 0 spiro atoms. The van der Waals surface area contributed by atoms with Crippen molar-refractivity contribution < 1.29 is 0 Å². The summed E-state index contributed by atoms with van der Waals surface area (Å²) < 4.78 is 0. The maximum atomic E-state index is 5.27. The molecule has 2 aromatic rings. The Hall–Kier alpha value is -2.05. The number of hydrogen-bond donors (Lipinski definition) is 2. The number of hydrogen-bond acceptors (Lipinski definition) is 4. The van der Waals surface area contributed by atoms with E-state index in [1.165, 1.54) is 10.6 Å². The van der Waals surface area contributed by atoms with E-state index in [9.17, 15) is 0 Å². The molecular formula is C19H24N4S2. The Morgan fingerprint density at radius 1 is 1.24 bits per heavy atom. The van der Waals surface area contributed by atoms with Gasteiger partial charge in [-0.3, -0.25) is 5.43 Å². The van der Waals surface area contributed by atoms with Gasteiger partial charge in [-0.1, -0.05) is 25.1 Å². The molecule has 6 heteroatoms. The predicted octanol–water partition coefficient (Wildman–Crippen LogP) is 4.58. The number of rotatable bonds is 7. The number of benzene rings is 2. The first-order chi connectivity index (χ1) is 12.1. The van der Waals surface area contributed by atoms with Crippen molar-refractivity contribution in [2.24, 2.45) is 5.10 Å². The lowest BCUT2D eigenvalue weighted by Gasteiger charge is -2.18. The molecule has 0 aromatic heterocycles. The normalized spacial score (nSPS) is 10.7. The Morgan fingerprint density at radius 3 is 2.68 bits per heavy atom. The molecule has 0 fully saturated rings. The monoisotopic (exact) mass is 372 g/mol. The Balaban J connectivity index is 1.86. The van der Waals surface area contributed by atoms with Gasteiger partial charge < -0.3 is 10.2 Å². The van der Waals surface area contributed by atoms with E-state index in [0.717, 1.165) is 24.2 Å². The van der Waals surface area contributed by atoms with Gasteiger partial charge in [0.1, 0.15) is 0 Å². The molecule has 0 amide bonds. The second-order valence-electron chi connectivity index (χ2n) is 5.57. The topological polar surface area (TPSA) is 39.7 Å². The number of nitrogens with zero attached hydrogens (tertiary/aromatic N) is 2. The standard InChI is InChI=1S/C19H24N4S2/c1-4-12-23(2)17-10-8-15(9-11-17)14-20-22-19(24)21-16-6-5-7-18(13-16)25-3/h5-11,13-14H,4,12H2,1-3H3,(H2,21,22,24). The fraction of sp³-hybridized carbons (Fsp3) is 0.263. The molecule has 0 aliphatic carbocycles. The third-order valence-corrected chi connectivity index (χ3v) is 4.52. The van der Waals surface area contributed by atoms with Crippen molar-refractivity contribution >= 4 is 46.7 Å². The van der Waals surface area contributed by atoms with Gasteiger partial charge in [-0.2, -0.15) is 5.10 Å². The molecule has 4 nitrogen and oxygen atoms in total. The van der Waals surface area contributed by atoms with Gasteiger partial charge in [0.15, 0.2) is 5.11 Å². The number of anilines is 2.